The van der Waals surface area contributed by atoms with E-state index in [-0.39, 0.29) is 23.4 Å². The Hall–Kier alpha value is -2.61. The molecule has 0 aliphatic rings. The number of aromatic nitrogens is 4. The monoisotopic (exact) mass is 288 g/mol. The molecule has 0 radical (unpaired) electrons. The molecule has 3 heterocycles. The Bertz CT molecular complexity index is 855. The van der Waals surface area contributed by atoms with Gasteiger partial charge in [-0.3, -0.25) is 9.36 Å². The zero-order chi connectivity index (χ0) is 14.1. The van der Waals surface area contributed by atoms with E-state index in [1.165, 1.54) is 34.8 Å². The largest absolute Gasteiger partial charge is 0.478 e. The van der Waals surface area contributed by atoms with Crippen LogP contribution in [-0.2, 0) is 6.54 Å². The molecule has 0 aliphatic heterocycles. The number of hydrogen-bond acceptors (Lipinski definition) is 6. The number of aromatic carboxylic acids is 1. The van der Waals surface area contributed by atoms with Crippen molar-refractivity contribution in [3.05, 3.63) is 51.9 Å². The minimum Gasteiger partial charge on any atom is -0.478 e. The van der Waals surface area contributed by atoms with Crippen molar-refractivity contribution < 1.29 is 9.90 Å². The average molecular weight is 288 g/mol. The predicted molar refractivity (Wildman–Crippen MR) is 72.0 cm³/mol. The van der Waals surface area contributed by atoms with Gasteiger partial charge in [0, 0.05) is 6.20 Å². The van der Waals surface area contributed by atoms with Crippen LogP contribution < -0.4 is 5.56 Å². The van der Waals surface area contributed by atoms with Gasteiger partial charge in [-0.2, -0.15) is 0 Å². The van der Waals surface area contributed by atoms with Crippen molar-refractivity contribution in [1.82, 2.24) is 19.5 Å². The predicted octanol–water partition coefficient (Wildman–Crippen LogP) is 0.994. The van der Waals surface area contributed by atoms with Gasteiger partial charge in [0.05, 0.1) is 24.0 Å². The summed E-state index contributed by atoms with van der Waals surface area (Å²) in [7, 11) is 0. The quantitative estimate of drug-likeness (QED) is 0.772. The van der Waals surface area contributed by atoms with Gasteiger partial charge in [-0.05, 0) is 11.4 Å². The topological polar surface area (TPSA) is 98.0 Å². The molecule has 0 bridgehead atoms. The molecule has 0 spiro atoms. The van der Waals surface area contributed by atoms with Crippen molar-refractivity contribution in [2.75, 3.05) is 0 Å². The molecule has 3 aromatic heterocycles. The highest BCUT2D eigenvalue weighted by molar-refractivity contribution is 7.16. The fourth-order valence-corrected chi connectivity index (χ4v) is 2.55. The second-order valence-corrected chi connectivity index (χ2v) is 4.90. The highest BCUT2D eigenvalue weighted by Crippen LogP contribution is 2.14. The van der Waals surface area contributed by atoms with Gasteiger partial charge < -0.3 is 5.11 Å². The molecule has 0 saturated heterocycles. The second-order valence-electron chi connectivity index (χ2n) is 4.01. The molecule has 0 amide bonds. The Morgan fingerprint density at radius 2 is 2.25 bits per heavy atom. The van der Waals surface area contributed by atoms with Crippen LogP contribution in [0.2, 0.25) is 0 Å². The summed E-state index contributed by atoms with van der Waals surface area (Å²) in [6, 6.07) is 1.70. The summed E-state index contributed by atoms with van der Waals surface area (Å²) >= 11 is 1.38. The number of thiophene rings is 1. The van der Waals surface area contributed by atoms with Crippen LogP contribution >= 0.6 is 11.3 Å². The zero-order valence-corrected chi connectivity index (χ0v) is 10.9. The van der Waals surface area contributed by atoms with E-state index in [1.807, 2.05) is 0 Å². The Labute approximate surface area is 116 Å². The highest BCUT2D eigenvalue weighted by atomic mass is 32.1. The Balaban J connectivity index is 2.08. The van der Waals surface area contributed by atoms with Gasteiger partial charge in [-0.25, -0.2) is 19.7 Å². The van der Waals surface area contributed by atoms with Crippen molar-refractivity contribution in [3.63, 3.8) is 0 Å². The number of carbonyl (C=O) groups is 1. The molecule has 1 N–H and O–H groups in total. The lowest BCUT2D eigenvalue weighted by atomic mass is 10.2. The number of carboxylic acids is 1. The van der Waals surface area contributed by atoms with Crippen LogP contribution in [0.15, 0.2) is 35.1 Å². The third kappa shape index (κ3) is 2.05. The summed E-state index contributed by atoms with van der Waals surface area (Å²) in [6.45, 7) is 0.0434. The fourth-order valence-electron chi connectivity index (χ4n) is 1.83. The lowest BCUT2D eigenvalue weighted by Crippen LogP contribution is -2.22. The van der Waals surface area contributed by atoms with Crippen LogP contribution in [0.25, 0.3) is 10.2 Å². The van der Waals surface area contributed by atoms with E-state index in [0.717, 1.165) is 0 Å². The number of fused-ring (bicyclic) bond motifs is 1. The molecule has 0 unspecified atom stereocenters. The molecule has 8 heteroatoms. The molecule has 20 heavy (non-hydrogen) atoms. The first-order chi connectivity index (χ1) is 9.66. The minimum absolute atomic E-state index is 0.0233. The van der Waals surface area contributed by atoms with Crippen LogP contribution in [0, 0.1) is 0 Å². The second kappa shape index (κ2) is 4.82. The Morgan fingerprint density at radius 3 is 3.05 bits per heavy atom. The van der Waals surface area contributed by atoms with Gasteiger partial charge in [-0.1, -0.05) is 0 Å². The third-order valence-electron chi connectivity index (χ3n) is 2.80. The maximum atomic E-state index is 12.2. The van der Waals surface area contributed by atoms with Crippen molar-refractivity contribution in [2.45, 2.75) is 6.54 Å². The van der Waals surface area contributed by atoms with Crippen LogP contribution in [0.5, 0.6) is 0 Å². The molecule has 7 nitrogen and oxygen atoms in total. The summed E-state index contributed by atoms with van der Waals surface area (Å²) in [5.41, 5.74) is 0.0296. The summed E-state index contributed by atoms with van der Waals surface area (Å²) < 4.78 is 1.34. The fraction of sp³-hybridized carbons (Fsp3) is 0.0833. The first kappa shape index (κ1) is 12.4. The van der Waals surface area contributed by atoms with E-state index >= 15 is 0 Å². The van der Waals surface area contributed by atoms with Gasteiger partial charge in [0.25, 0.3) is 5.56 Å². The van der Waals surface area contributed by atoms with Crippen LogP contribution in [-0.4, -0.2) is 30.6 Å². The van der Waals surface area contributed by atoms with Crippen molar-refractivity contribution in [3.8, 4) is 0 Å². The van der Waals surface area contributed by atoms with Crippen LogP contribution in [0.4, 0.5) is 0 Å². The Morgan fingerprint density at radius 1 is 1.40 bits per heavy atom. The van der Waals surface area contributed by atoms with Gasteiger partial charge in [-0.15, -0.1) is 11.3 Å². The van der Waals surface area contributed by atoms with Gasteiger partial charge >= 0.3 is 5.97 Å². The van der Waals surface area contributed by atoms with Crippen molar-refractivity contribution in [2.24, 2.45) is 0 Å². The van der Waals surface area contributed by atoms with Crippen LogP contribution in [0.1, 0.15) is 16.1 Å². The lowest BCUT2D eigenvalue weighted by molar-refractivity contribution is 0.0694. The van der Waals surface area contributed by atoms with E-state index in [4.69, 9.17) is 5.11 Å². The standard InChI is InChI=1S/C12H8N4O3S/c17-11-7-1-2-20-10(7)15-6-16(11)4-9-8(12(18)19)3-13-5-14-9/h1-3,5-6H,4H2,(H,18,19). The smallest absolute Gasteiger partial charge is 0.339 e. The third-order valence-corrected chi connectivity index (χ3v) is 3.62. The highest BCUT2D eigenvalue weighted by Gasteiger charge is 2.13. The van der Waals surface area contributed by atoms with Gasteiger partial charge in [0.2, 0.25) is 0 Å². The molecular weight excluding hydrogens is 280 g/mol. The molecule has 0 saturated carbocycles. The van der Waals surface area contributed by atoms with E-state index in [1.54, 1.807) is 11.4 Å². The normalized spacial score (nSPS) is 10.8. The minimum atomic E-state index is -1.13. The summed E-state index contributed by atoms with van der Waals surface area (Å²) in [5.74, 6) is -1.13. The molecule has 0 aromatic carbocycles. The van der Waals surface area contributed by atoms with E-state index in [0.29, 0.717) is 10.2 Å². The van der Waals surface area contributed by atoms with Crippen molar-refractivity contribution in [1.29, 1.82) is 0 Å². The zero-order valence-electron chi connectivity index (χ0n) is 10.1. The van der Waals surface area contributed by atoms with Gasteiger partial charge in [0.1, 0.15) is 16.7 Å². The molecule has 0 aliphatic carbocycles. The number of nitrogens with zero attached hydrogens (tertiary/aromatic N) is 4. The Kier molecular flexibility index (Phi) is 2.99. The van der Waals surface area contributed by atoms with E-state index in [2.05, 4.69) is 15.0 Å². The molecule has 0 fully saturated rings. The molecule has 100 valence electrons. The average Bonchev–Trinajstić information content (AvgIpc) is 2.91. The molecule has 3 aromatic rings. The first-order valence-electron chi connectivity index (χ1n) is 5.61. The van der Waals surface area contributed by atoms with E-state index < -0.39 is 5.97 Å². The maximum Gasteiger partial charge on any atom is 0.339 e. The number of rotatable bonds is 3. The van der Waals surface area contributed by atoms with Crippen LogP contribution in [0.3, 0.4) is 0 Å². The molecular formula is C12H8N4O3S. The van der Waals surface area contributed by atoms with E-state index in [9.17, 15) is 9.59 Å². The number of hydrogen-bond donors (Lipinski definition) is 1. The molecule has 3 rings (SSSR count). The first-order valence-corrected chi connectivity index (χ1v) is 6.49. The summed E-state index contributed by atoms with van der Waals surface area (Å²) in [4.78, 5) is 35.7. The number of carboxylic acid groups (broad SMARTS) is 1. The SMILES string of the molecule is O=C(O)c1cncnc1Cn1cnc2sccc2c1=O. The summed E-state index contributed by atoms with van der Waals surface area (Å²) in [5, 5.41) is 11.4. The van der Waals surface area contributed by atoms with Crippen molar-refractivity contribution >= 4 is 27.5 Å². The summed E-state index contributed by atoms with van der Waals surface area (Å²) in [6.07, 6.45) is 3.87. The lowest BCUT2D eigenvalue weighted by Gasteiger charge is -2.06. The maximum absolute atomic E-state index is 12.2. The molecule has 0 atom stereocenters. The van der Waals surface area contributed by atoms with Gasteiger partial charge in [0.15, 0.2) is 0 Å².